The second-order valence-corrected chi connectivity index (χ2v) is 3.06. The van der Waals surface area contributed by atoms with Crippen molar-refractivity contribution < 1.29 is 14.3 Å². The van der Waals surface area contributed by atoms with Crippen LogP contribution in [-0.4, -0.2) is 20.5 Å². The number of aldehydes is 1. The molecule has 80 valence electrons. The van der Waals surface area contributed by atoms with E-state index in [1.165, 1.54) is 6.08 Å². The first-order valence-electron chi connectivity index (χ1n) is 4.57. The summed E-state index contributed by atoms with van der Waals surface area (Å²) in [7, 11) is 3.17. The van der Waals surface area contributed by atoms with E-state index < -0.39 is 0 Å². The van der Waals surface area contributed by atoms with Crippen molar-refractivity contribution in [2.75, 3.05) is 14.2 Å². The van der Waals surface area contributed by atoms with Crippen molar-refractivity contribution >= 4 is 11.9 Å². The van der Waals surface area contributed by atoms with Gasteiger partial charge in [-0.3, -0.25) is 4.79 Å². The van der Waals surface area contributed by atoms with Crippen LogP contribution in [0.25, 0.3) is 5.57 Å². The Labute approximate surface area is 89.3 Å². The van der Waals surface area contributed by atoms with Crippen LogP contribution in [0, 0.1) is 0 Å². The second kappa shape index (κ2) is 5.20. The minimum atomic E-state index is 0.661. The van der Waals surface area contributed by atoms with E-state index in [0.717, 1.165) is 17.4 Å². The Kier molecular flexibility index (Phi) is 3.92. The molecule has 3 nitrogen and oxygen atoms in total. The number of rotatable bonds is 4. The largest absolute Gasteiger partial charge is 0.493 e. The van der Waals surface area contributed by atoms with Gasteiger partial charge >= 0.3 is 0 Å². The van der Waals surface area contributed by atoms with Gasteiger partial charge in [0, 0.05) is 0 Å². The zero-order chi connectivity index (χ0) is 11.3. The first kappa shape index (κ1) is 11.3. The van der Waals surface area contributed by atoms with Gasteiger partial charge in [-0.05, 0) is 36.3 Å². The lowest BCUT2D eigenvalue weighted by molar-refractivity contribution is -0.104. The predicted molar refractivity (Wildman–Crippen MR) is 59.3 cm³/mol. The van der Waals surface area contributed by atoms with Gasteiger partial charge in [0.15, 0.2) is 11.5 Å². The molecule has 0 radical (unpaired) electrons. The van der Waals surface area contributed by atoms with E-state index in [2.05, 4.69) is 0 Å². The van der Waals surface area contributed by atoms with Crippen LogP contribution in [0.4, 0.5) is 0 Å². The zero-order valence-corrected chi connectivity index (χ0v) is 9.11. The fraction of sp³-hybridized carbons (Fsp3) is 0.250. The average molecular weight is 206 g/mol. The third kappa shape index (κ3) is 2.59. The normalized spacial score (nSPS) is 11.0. The summed E-state index contributed by atoms with van der Waals surface area (Å²) in [4.78, 5) is 10.3. The van der Waals surface area contributed by atoms with Gasteiger partial charge in [-0.2, -0.15) is 0 Å². The van der Waals surface area contributed by atoms with Gasteiger partial charge in [0.05, 0.1) is 14.2 Å². The summed E-state index contributed by atoms with van der Waals surface area (Å²) >= 11 is 0. The number of hydrogen-bond donors (Lipinski definition) is 0. The Morgan fingerprint density at radius 1 is 1.20 bits per heavy atom. The lowest BCUT2D eigenvalue weighted by Gasteiger charge is -2.09. The van der Waals surface area contributed by atoms with Crippen molar-refractivity contribution in [3.05, 3.63) is 29.8 Å². The van der Waals surface area contributed by atoms with Gasteiger partial charge in [-0.15, -0.1) is 0 Å². The maximum atomic E-state index is 10.3. The molecule has 1 aromatic rings. The highest BCUT2D eigenvalue weighted by atomic mass is 16.5. The summed E-state index contributed by atoms with van der Waals surface area (Å²) in [6.45, 7) is 1.87. The third-order valence-corrected chi connectivity index (χ3v) is 2.16. The van der Waals surface area contributed by atoms with Crippen molar-refractivity contribution in [2.24, 2.45) is 0 Å². The monoisotopic (exact) mass is 206 g/mol. The number of hydrogen-bond acceptors (Lipinski definition) is 3. The van der Waals surface area contributed by atoms with Gasteiger partial charge in [0.1, 0.15) is 6.29 Å². The van der Waals surface area contributed by atoms with E-state index in [4.69, 9.17) is 9.47 Å². The quantitative estimate of drug-likeness (QED) is 0.560. The summed E-state index contributed by atoms with van der Waals surface area (Å²) in [5, 5.41) is 0. The minimum Gasteiger partial charge on any atom is -0.493 e. The van der Waals surface area contributed by atoms with Gasteiger partial charge in [-0.1, -0.05) is 6.07 Å². The number of carbonyl (C=O) groups is 1. The summed E-state index contributed by atoms with van der Waals surface area (Å²) < 4.78 is 10.3. The van der Waals surface area contributed by atoms with Crippen molar-refractivity contribution in [2.45, 2.75) is 6.92 Å². The second-order valence-electron chi connectivity index (χ2n) is 3.06. The molecule has 0 saturated heterocycles. The predicted octanol–water partition coefficient (Wildman–Crippen LogP) is 2.31. The van der Waals surface area contributed by atoms with Crippen LogP contribution in [0.3, 0.4) is 0 Å². The zero-order valence-electron chi connectivity index (χ0n) is 9.11. The van der Waals surface area contributed by atoms with E-state index in [1.807, 2.05) is 25.1 Å². The molecule has 0 aromatic heterocycles. The van der Waals surface area contributed by atoms with Crippen molar-refractivity contribution in [3.8, 4) is 11.5 Å². The first-order chi connectivity index (χ1) is 7.22. The molecule has 0 fully saturated rings. The van der Waals surface area contributed by atoms with E-state index >= 15 is 0 Å². The number of methoxy groups -OCH3 is 2. The molecule has 0 unspecified atom stereocenters. The van der Waals surface area contributed by atoms with Gasteiger partial charge in [-0.25, -0.2) is 0 Å². The topological polar surface area (TPSA) is 35.5 Å². The lowest BCUT2D eigenvalue weighted by atomic mass is 10.1. The standard InChI is InChI=1S/C12H14O3/c1-9(6-7-13)10-4-5-11(14-2)12(8-10)15-3/h4-8H,1-3H3. The van der Waals surface area contributed by atoms with Crippen molar-refractivity contribution in [1.29, 1.82) is 0 Å². The Hall–Kier alpha value is -1.77. The van der Waals surface area contributed by atoms with Crippen LogP contribution in [0.5, 0.6) is 11.5 Å². The Morgan fingerprint density at radius 3 is 2.40 bits per heavy atom. The maximum Gasteiger partial charge on any atom is 0.161 e. The smallest absolute Gasteiger partial charge is 0.161 e. The van der Waals surface area contributed by atoms with Gasteiger partial charge in [0.25, 0.3) is 0 Å². The molecule has 0 atom stereocenters. The highest BCUT2D eigenvalue weighted by Crippen LogP contribution is 2.29. The molecule has 0 saturated carbocycles. The fourth-order valence-electron chi connectivity index (χ4n) is 1.28. The molecule has 0 aliphatic rings. The molecule has 0 bridgehead atoms. The first-order valence-corrected chi connectivity index (χ1v) is 4.57. The number of carbonyl (C=O) groups excluding carboxylic acids is 1. The van der Waals surface area contributed by atoms with Crippen molar-refractivity contribution in [3.63, 3.8) is 0 Å². The molecule has 0 N–H and O–H groups in total. The van der Waals surface area contributed by atoms with E-state index in [-0.39, 0.29) is 0 Å². The van der Waals surface area contributed by atoms with Crippen molar-refractivity contribution in [1.82, 2.24) is 0 Å². The highest BCUT2D eigenvalue weighted by molar-refractivity contribution is 5.81. The lowest BCUT2D eigenvalue weighted by Crippen LogP contribution is -1.91. The molecular weight excluding hydrogens is 192 g/mol. The summed E-state index contributed by atoms with van der Waals surface area (Å²) in [5.74, 6) is 1.34. The van der Waals surface area contributed by atoms with E-state index in [1.54, 1.807) is 14.2 Å². The molecule has 0 spiro atoms. The average Bonchev–Trinajstić information content (AvgIpc) is 2.28. The van der Waals surface area contributed by atoms with Gasteiger partial charge < -0.3 is 9.47 Å². The molecule has 3 heteroatoms. The number of ether oxygens (including phenoxy) is 2. The highest BCUT2D eigenvalue weighted by Gasteiger charge is 2.04. The van der Waals surface area contributed by atoms with Crippen LogP contribution >= 0.6 is 0 Å². The number of benzene rings is 1. The van der Waals surface area contributed by atoms with Crippen LogP contribution in [0.15, 0.2) is 24.3 Å². The SMILES string of the molecule is COc1ccc(C(C)=CC=O)cc1OC. The number of allylic oxidation sites excluding steroid dienone is 2. The molecule has 1 aromatic carbocycles. The third-order valence-electron chi connectivity index (χ3n) is 2.16. The molecule has 0 amide bonds. The van der Waals surface area contributed by atoms with E-state index in [9.17, 15) is 4.79 Å². The van der Waals surface area contributed by atoms with Crippen LogP contribution in [0.1, 0.15) is 12.5 Å². The fourth-order valence-corrected chi connectivity index (χ4v) is 1.28. The van der Waals surface area contributed by atoms with Crippen LogP contribution in [-0.2, 0) is 4.79 Å². The maximum absolute atomic E-state index is 10.3. The molecule has 15 heavy (non-hydrogen) atoms. The van der Waals surface area contributed by atoms with E-state index in [0.29, 0.717) is 11.5 Å². The Balaban J connectivity index is 3.13. The summed E-state index contributed by atoms with van der Waals surface area (Å²) in [6.07, 6.45) is 2.29. The Morgan fingerprint density at radius 2 is 1.87 bits per heavy atom. The van der Waals surface area contributed by atoms with Crippen LogP contribution < -0.4 is 9.47 Å². The molecule has 0 aliphatic heterocycles. The van der Waals surface area contributed by atoms with Crippen LogP contribution in [0.2, 0.25) is 0 Å². The summed E-state index contributed by atoms with van der Waals surface area (Å²) in [5.41, 5.74) is 1.84. The minimum absolute atomic E-state index is 0.661. The molecule has 0 aliphatic carbocycles. The molecule has 1 rings (SSSR count). The Bertz CT molecular complexity index is 380. The van der Waals surface area contributed by atoms with Gasteiger partial charge in [0.2, 0.25) is 0 Å². The summed E-state index contributed by atoms with van der Waals surface area (Å²) in [6, 6.07) is 5.54. The molecular formula is C12H14O3. The molecule has 0 heterocycles.